The van der Waals surface area contributed by atoms with Gasteiger partial charge >= 0.3 is 0 Å². The van der Waals surface area contributed by atoms with Crippen LogP contribution in [0.15, 0.2) is 23.1 Å². The van der Waals surface area contributed by atoms with Crippen LogP contribution in [0.2, 0.25) is 5.02 Å². The third-order valence-corrected chi connectivity index (χ3v) is 6.69. The molecule has 1 aromatic rings. The number of nitrogens with zero attached hydrogens (tertiary/aromatic N) is 1. The van der Waals surface area contributed by atoms with Crippen molar-refractivity contribution < 1.29 is 18.1 Å². The largest absolute Gasteiger partial charge is 0.346 e. The van der Waals surface area contributed by atoms with Crippen molar-refractivity contribution in [3.63, 3.8) is 0 Å². The van der Waals surface area contributed by atoms with E-state index in [4.69, 9.17) is 11.6 Å². The van der Waals surface area contributed by atoms with Crippen molar-refractivity contribution in [3.8, 4) is 0 Å². The molecule has 1 fully saturated rings. The Morgan fingerprint density at radius 3 is 2.75 bits per heavy atom. The van der Waals surface area contributed by atoms with E-state index in [0.717, 1.165) is 23.8 Å². The number of halogens is 1. The topological polar surface area (TPSA) is 70.9 Å². The van der Waals surface area contributed by atoms with Gasteiger partial charge in [-0.05, 0) is 25.1 Å². The van der Waals surface area contributed by atoms with E-state index >= 15 is 0 Å². The van der Waals surface area contributed by atoms with Gasteiger partial charge in [-0.15, -0.1) is 0 Å². The molecular formula is C16H25ClN3O3S+. The molecule has 2 rings (SSSR count). The van der Waals surface area contributed by atoms with Gasteiger partial charge in [0.05, 0.1) is 35.1 Å². The van der Waals surface area contributed by atoms with Gasteiger partial charge in [0, 0.05) is 26.9 Å². The minimum Gasteiger partial charge on any atom is -0.346 e. The molecule has 8 heteroatoms. The molecular weight excluding hydrogens is 350 g/mol. The lowest BCUT2D eigenvalue weighted by Gasteiger charge is -2.20. The first-order chi connectivity index (χ1) is 11.3. The van der Waals surface area contributed by atoms with Gasteiger partial charge in [0.2, 0.25) is 10.0 Å². The molecule has 1 saturated heterocycles. The number of benzene rings is 1. The van der Waals surface area contributed by atoms with Gasteiger partial charge in [-0.2, -0.15) is 0 Å². The van der Waals surface area contributed by atoms with Crippen molar-refractivity contribution in [1.29, 1.82) is 0 Å². The molecule has 0 bridgehead atoms. The SMILES string of the molecule is CC[NH+]1CCC[C@H]1CNC(=O)c1cc(S(=O)(=O)N(C)C)ccc1Cl. The first-order valence-electron chi connectivity index (χ1n) is 8.12. The molecule has 134 valence electrons. The molecule has 0 aromatic heterocycles. The lowest BCUT2D eigenvalue weighted by atomic mass is 10.2. The van der Waals surface area contributed by atoms with Gasteiger partial charge in [-0.3, -0.25) is 4.79 Å². The number of carbonyl (C=O) groups is 1. The summed E-state index contributed by atoms with van der Waals surface area (Å²) in [6.45, 7) is 4.89. The summed E-state index contributed by atoms with van der Waals surface area (Å²) in [6, 6.07) is 4.61. The van der Waals surface area contributed by atoms with Crippen molar-refractivity contribution in [1.82, 2.24) is 9.62 Å². The highest BCUT2D eigenvalue weighted by Gasteiger charge is 2.28. The molecule has 1 aliphatic rings. The highest BCUT2D eigenvalue weighted by molar-refractivity contribution is 7.89. The molecule has 0 saturated carbocycles. The van der Waals surface area contributed by atoms with Crippen LogP contribution in [-0.2, 0) is 10.0 Å². The molecule has 0 radical (unpaired) electrons. The van der Waals surface area contributed by atoms with Crippen LogP contribution in [0.3, 0.4) is 0 Å². The van der Waals surface area contributed by atoms with Crippen LogP contribution in [0.25, 0.3) is 0 Å². The molecule has 2 N–H and O–H groups in total. The number of sulfonamides is 1. The molecule has 6 nitrogen and oxygen atoms in total. The van der Waals surface area contributed by atoms with E-state index in [-0.39, 0.29) is 21.4 Å². The average Bonchev–Trinajstić information content (AvgIpc) is 3.00. The van der Waals surface area contributed by atoms with E-state index in [0.29, 0.717) is 12.6 Å². The molecule has 24 heavy (non-hydrogen) atoms. The maximum Gasteiger partial charge on any atom is 0.253 e. The van der Waals surface area contributed by atoms with Gasteiger partial charge in [0.1, 0.15) is 6.04 Å². The maximum absolute atomic E-state index is 12.5. The van der Waals surface area contributed by atoms with Crippen LogP contribution in [-0.4, -0.2) is 58.4 Å². The number of carbonyl (C=O) groups excluding carboxylic acids is 1. The smallest absolute Gasteiger partial charge is 0.253 e. The minimum atomic E-state index is -3.60. The highest BCUT2D eigenvalue weighted by atomic mass is 35.5. The van der Waals surface area contributed by atoms with E-state index < -0.39 is 10.0 Å². The van der Waals surface area contributed by atoms with Gasteiger partial charge in [0.15, 0.2) is 0 Å². The molecule has 0 aliphatic carbocycles. The Morgan fingerprint density at radius 1 is 1.42 bits per heavy atom. The Hall–Kier alpha value is -1.15. The average molecular weight is 375 g/mol. The highest BCUT2D eigenvalue weighted by Crippen LogP contribution is 2.22. The summed E-state index contributed by atoms with van der Waals surface area (Å²) in [6.07, 6.45) is 2.26. The zero-order chi connectivity index (χ0) is 17.9. The minimum absolute atomic E-state index is 0.0590. The summed E-state index contributed by atoms with van der Waals surface area (Å²) in [5.74, 6) is -0.335. The number of likely N-dealkylation sites (tertiary alicyclic amines) is 1. The Balaban J connectivity index is 2.14. The Morgan fingerprint density at radius 2 is 2.12 bits per heavy atom. The van der Waals surface area contributed by atoms with Gasteiger partial charge in [-0.1, -0.05) is 11.6 Å². The molecule has 1 amide bonds. The fourth-order valence-corrected chi connectivity index (χ4v) is 4.19. The lowest BCUT2D eigenvalue weighted by molar-refractivity contribution is -0.909. The van der Waals surface area contributed by atoms with Crippen molar-refractivity contribution in [3.05, 3.63) is 28.8 Å². The maximum atomic E-state index is 12.5. The van der Waals surface area contributed by atoms with Crippen LogP contribution >= 0.6 is 11.6 Å². The fourth-order valence-electron chi connectivity index (χ4n) is 3.06. The quantitative estimate of drug-likeness (QED) is 0.756. The summed E-state index contributed by atoms with van der Waals surface area (Å²) in [5.41, 5.74) is 0.190. The zero-order valence-corrected chi connectivity index (χ0v) is 15.9. The Bertz CT molecular complexity index is 707. The lowest BCUT2D eigenvalue weighted by Crippen LogP contribution is -3.14. The van der Waals surface area contributed by atoms with E-state index in [9.17, 15) is 13.2 Å². The third kappa shape index (κ3) is 4.08. The molecule has 2 atom stereocenters. The van der Waals surface area contributed by atoms with Crippen molar-refractivity contribution in [2.45, 2.75) is 30.7 Å². The predicted octanol–water partition coefficient (Wildman–Crippen LogP) is 0.387. The van der Waals surface area contributed by atoms with Gasteiger partial charge < -0.3 is 10.2 Å². The Kier molecular flexibility index (Phi) is 6.25. The standard InChI is InChI=1S/C16H24ClN3O3S/c1-4-20-9-5-6-12(20)11-18-16(21)14-10-13(7-8-15(14)17)24(22,23)19(2)3/h7-8,10,12H,4-6,9,11H2,1-3H3,(H,18,21)/p+1/t12-/m0/s1. The van der Waals surface area contributed by atoms with E-state index in [1.807, 2.05) is 0 Å². The Labute approximate surface area is 148 Å². The fraction of sp³-hybridized carbons (Fsp3) is 0.562. The van der Waals surface area contributed by atoms with E-state index in [1.165, 1.54) is 43.6 Å². The third-order valence-electron chi connectivity index (χ3n) is 4.55. The normalized spacial score (nSPS) is 21.2. The summed E-state index contributed by atoms with van der Waals surface area (Å²) in [7, 11) is -0.702. The number of hydrogen-bond donors (Lipinski definition) is 2. The molecule has 1 aromatic carbocycles. The summed E-state index contributed by atoms with van der Waals surface area (Å²) >= 11 is 6.10. The van der Waals surface area contributed by atoms with Crippen molar-refractivity contribution >= 4 is 27.5 Å². The van der Waals surface area contributed by atoms with Crippen LogP contribution < -0.4 is 10.2 Å². The number of nitrogens with one attached hydrogen (secondary N) is 2. The van der Waals surface area contributed by atoms with Crippen LogP contribution in [0.5, 0.6) is 0 Å². The molecule has 1 heterocycles. The molecule has 1 aliphatic heterocycles. The van der Waals surface area contributed by atoms with Gasteiger partial charge in [0.25, 0.3) is 5.91 Å². The molecule has 1 unspecified atom stereocenters. The summed E-state index contributed by atoms with van der Waals surface area (Å²) < 4.78 is 25.5. The second kappa shape index (κ2) is 7.82. The van der Waals surface area contributed by atoms with Gasteiger partial charge in [-0.25, -0.2) is 12.7 Å². The zero-order valence-electron chi connectivity index (χ0n) is 14.3. The number of amides is 1. The first kappa shape index (κ1) is 19.2. The monoisotopic (exact) mass is 374 g/mol. The summed E-state index contributed by atoms with van der Waals surface area (Å²) in [5, 5.41) is 3.15. The first-order valence-corrected chi connectivity index (χ1v) is 9.94. The van der Waals surface area contributed by atoms with E-state index in [1.54, 1.807) is 0 Å². The second-order valence-electron chi connectivity index (χ2n) is 6.24. The molecule has 0 spiro atoms. The van der Waals surface area contributed by atoms with E-state index in [2.05, 4.69) is 12.2 Å². The number of quaternary nitrogens is 1. The van der Waals surface area contributed by atoms with Crippen molar-refractivity contribution in [2.24, 2.45) is 0 Å². The number of rotatable bonds is 6. The van der Waals surface area contributed by atoms with Crippen molar-refractivity contribution in [2.75, 3.05) is 33.7 Å². The second-order valence-corrected chi connectivity index (χ2v) is 8.80. The predicted molar refractivity (Wildman–Crippen MR) is 94.1 cm³/mol. The summed E-state index contributed by atoms with van der Waals surface area (Å²) in [4.78, 5) is 14.0. The van der Waals surface area contributed by atoms with Crippen LogP contribution in [0, 0.1) is 0 Å². The number of likely N-dealkylation sites (N-methyl/N-ethyl adjacent to an activating group) is 1. The van der Waals surface area contributed by atoms with Crippen LogP contribution in [0.1, 0.15) is 30.1 Å². The van der Waals surface area contributed by atoms with Crippen LogP contribution in [0.4, 0.5) is 0 Å². The number of hydrogen-bond acceptors (Lipinski definition) is 3.